The summed E-state index contributed by atoms with van der Waals surface area (Å²) in [6.07, 6.45) is -2.49. The Bertz CT molecular complexity index is 838. The zero-order valence-electron chi connectivity index (χ0n) is 16.8. The van der Waals surface area contributed by atoms with Crippen molar-refractivity contribution in [3.05, 3.63) is 36.5 Å². The van der Waals surface area contributed by atoms with Gasteiger partial charge in [0, 0.05) is 13.1 Å². The van der Waals surface area contributed by atoms with E-state index in [0.29, 0.717) is 22.9 Å². The number of alkyl halides is 3. The van der Waals surface area contributed by atoms with Gasteiger partial charge in [-0.05, 0) is 53.6 Å². The molecule has 158 valence electrons. The average Bonchev–Trinajstić information content (AvgIpc) is 2.58. The predicted molar refractivity (Wildman–Crippen MR) is 105 cm³/mol. The molecular weight excluding hydrogens is 385 g/mol. The van der Waals surface area contributed by atoms with Gasteiger partial charge in [0.15, 0.2) is 11.5 Å². The lowest BCUT2D eigenvalue weighted by molar-refractivity contribution is -0.275. The minimum absolute atomic E-state index is 0.0258. The molecule has 0 spiro atoms. The van der Waals surface area contributed by atoms with Gasteiger partial charge in [-0.25, -0.2) is 4.98 Å². The number of aromatic nitrogens is 1. The second-order valence-corrected chi connectivity index (χ2v) is 7.37. The molecule has 0 saturated heterocycles. The highest BCUT2D eigenvalue weighted by atomic mass is 19.4. The van der Waals surface area contributed by atoms with Crippen LogP contribution >= 0.6 is 0 Å². The van der Waals surface area contributed by atoms with E-state index in [9.17, 15) is 18.0 Å². The van der Waals surface area contributed by atoms with Crippen LogP contribution in [0.2, 0.25) is 0 Å². The standard InChI is InChI=1S/C21H25F3N2O3/c1-13(2)9-14(3)12-28-18-6-5-16(10-19(18)29-21(22,23)24)17-7-8-25-20(11-17)26-15(4)27/h5-8,10-11,13-14H,9,12H2,1-4H3,(H,25,26,27). The van der Waals surface area contributed by atoms with Crippen molar-refractivity contribution in [1.29, 1.82) is 0 Å². The predicted octanol–water partition coefficient (Wildman–Crippen LogP) is 5.67. The maximum absolute atomic E-state index is 12.9. The van der Waals surface area contributed by atoms with Crippen LogP contribution in [0.5, 0.6) is 11.5 Å². The van der Waals surface area contributed by atoms with Crippen LogP contribution < -0.4 is 14.8 Å². The molecule has 0 aliphatic heterocycles. The number of carbonyl (C=O) groups is 1. The van der Waals surface area contributed by atoms with Crippen molar-refractivity contribution in [1.82, 2.24) is 4.98 Å². The molecule has 2 aromatic rings. The first-order chi connectivity index (χ1) is 13.5. The molecule has 0 aliphatic carbocycles. The molecule has 0 fully saturated rings. The fourth-order valence-corrected chi connectivity index (χ4v) is 2.97. The topological polar surface area (TPSA) is 60.5 Å². The van der Waals surface area contributed by atoms with Crippen LogP contribution in [0, 0.1) is 11.8 Å². The molecule has 8 heteroatoms. The van der Waals surface area contributed by atoms with Crippen molar-refractivity contribution in [3.63, 3.8) is 0 Å². The monoisotopic (exact) mass is 410 g/mol. The van der Waals surface area contributed by atoms with E-state index in [0.717, 1.165) is 6.42 Å². The number of carbonyl (C=O) groups excluding carboxylic acids is 1. The van der Waals surface area contributed by atoms with E-state index in [2.05, 4.69) is 28.9 Å². The lowest BCUT2D eigenvalue weighted by atomic mass is 10.00. The first kappa shape index (κ1) is 22.5. The third-order valence-corrected chi connectivity index (χ3v) is 3.96. The third-order valence-electron chi connectivity index (χ3n) is 3.96. The highest BCUT2D eigenvalue weighted by Crippen LogP contribution is 2.37. The number of nitrogens with one attached hydrogen (secondary N) is 1. The number of benzene rings is 1. The fourth-order valence-electron chi connectivity index (χ4n) is 2.97. The third kappa shape index (κ3) is 7.63. The number of amides is 1. The molecule has 1 unspecified atom stereocenters. The molecule has 5 nitrogen and oxygen atoms in total. The maximum atomic E-state index is 12.9. The van der Waals surface area contributed by atoms with Gasteiger partial charge < -0.3 is 14.8 Å². The van der Waals surface area contributed by atoms with Crippen molar-refractivity contribution in [2.24, 2.45) is 11.8 Å². The van der Waals surface area contributed by atoms with Gasteiger partial charge >= 0.3 is 6.36 Å². The summed E-state index contributed by atoms with van der Waals surface area (Å²) in [4.78, 5) is 15.2. The lowest BCUT2D eigenvalue weighted by Gasteiger charge is -2.18. The van der Waals surface area contributed by atoms with Crippen LogP contribution in [-0.2, 0) is 4.79 Å². The summed E-state index contributed by atoms with van der Waals surface area (Å²) in [5, 5.41) is 2.54. The van der Waals surface area contributed by atoms with Crippen molar-refractivity contribution in [2.45, 2.75) is 40.5 Å². The summed E-state index contributed by atoms with van der Waals surface area (Å²) in [6, 6.07) is 7.56. The maximum Gasteiger partial charge on any atom is 0.573 e. The molecule has 29 heavy (non-hydrogen) atoms. The van der Waals surface area contributed by atoms with Gasteiger partial charge in [0.2, 0.25) is 5.91 Å². The van der Waals surface area contributed by atoms with Crippen LogP contribution in [-0.4, -0.2) is 23.9 Å². The minimum Gasteiger partial charge on any atom is -0.489 e. The molecule has 0 bridgehead atoms. The zero-order valence-corrected chi connectivity index (χ0v) is 16.8. The molecule has 0 saturated carbocycles. The van der Waals surface area contributed by atoms with Crippen molar-refractivity contribution in [2.75, 3.05) is 11.9 Å². The van der Waals surface area contributed by atoms with Gasteiger partial charge in [0.05, 0.1) is 6.61 Å². The van der Waals surface area contributed by atoms with Crippen molar-refractivity contribution < 1.29 is 27.4 Å². The van der Waals surface area contributed by atoms with E-state index in [-0.39, 0.29) is 24.2 Å². The minimum atomic E-state index is -4.85. The van der Waals surface area contributed by atoms with E-state index in [1.807, 2.05) is 6.92 Å². The van der Waals surface area contributed by atoms with E-state index in [1.165, 1.54) is 25.3 Å². The summed E-state index contributed by atoms with van der Waals surface area (Å²) in [5.74, 6) is 0.272. The van der Waals surface area contributed by atoms with E-state index < -0.39 is 12.1 Å². The Morgan fingerprint density at radius 1 is 1.10 bits per heavy atom. The average molecular weight is 410 g/mol. The molecule has 0 radical (unpaired) electrons. The van der Waals surface area contributed by atoms with Gasteiger partial charge in [-0.15, -0.1) is 13.2 Å². The Labute approximate surface area is 168 Å². The highest BCUT2D eigenvalue weighted by molar-refractivity contribution is 5.88. The number of hydrogen-bond acceptors (Lipinski definition) is 4. The second-order valence-electron chi connectivity index (χ2n) is 7.37. The Kier molecular flexibility index (Phi) is 7.47. The van der Waals surface area contributed by atoms with Gasteiger partial charge in [0.1, 0.15) is 5.82 Å². The highest BCUT2D eigenvalue weighted by Gasteiger charge is 2.32. The van der Waals surface area contributed by atoms with Crippen LogP contribution in [0.25, 0.3) is 11.1 Å². The number of nitrogens with zero attached hydrogens (tertiary/aromatic N) is 1. The number of pyridine rings is 1. The molecule has 1 atom stereocenters. The van der Waals surface area contributed by atoms with E-state index in [4.69, 9.17) is 4.74 Å². The summed E-state index contributed by atoms with van der Waals surface area (Å²) in [7, 11) is 0. The largest absolute Gasteiger partial charge is 0.573 e. The SMILES string of the molecule is CC(=O)Nc1cc(-c2ccc(OCC(C)CC(C)C)c(OC(F)(F)F)c2)ccn1. The molecule has 2 rings (SSSR count). The number of hydrogen-bond donors (Lipinski definition) is 1. The van der Waals surface area contributed by atoms with Crippen LogP contribution in [0.1, 0.15) is 34.1 Å². The summed E-state index contributed by atoms with van der Waals surface area (Å²) in [6.45, 7) is 7.77. The molecular formula is C21H25F3N2O3. The number of anilines is 1. The van der Waals surface area contributed by atoms with E-state index >= 15 is 0 Å². The number of ether oxygens (including phenoxy) is 2. The van der Waals surface area contributed by atoms with Gasteiger partial charge in [-0.1, -0.05) is 26.8 Å². The molecule has 1 aromatic heterocycles. The summed E-state index contributed by atoms with van der Waals surface area (Å²) in [5.41, 5.74) is 1.05. The second kappa shape index (κ2) is 9.62. The molecule has 0 aliphatic rings. The summed E-state index contributed by atoms with van der Waals surface area (Å²) < 4.78 is 48.5. The van der Waals surface area contributed by atoms with Gasteiger partial charge in [0.25, 0.3) is 0 Å². The molecule has 1 N–H and O–H groups in total. The normalized spacial score (nSPS) is 12.6. The Hall–Kier alpha value is -2.77. The molecule has 1 amide bonds. The molecule has 1 aromatic carbocycles. The van der Waals surface area contributed by atoms with Crippen molar-refractivity contribution in [3.8, 4) is 22.6 Å². The van der Waals surface area contributed by atoms with Crippen LogP contribution in [0.4, 0.5) is 19.0 Å². The van der Waals surface area contributed by atoms with E-state index in [1.54, 1.807) is 18.2 Å². The Morgan fingerprint density at radius 2 is 1.79 bits per heavy atom. The van der Waals surface area contributed by atoms with Gasteiger partial charge in [-0.2, -0.15) is 0 Å². The fraction of sp³-hybridized carbons (Fsp3) is 0.429. The number of halogens is 3. The smallest absolute Gasteiger partial charge is 0.489 e. The Balaban J connectivity index is 2.29. The first-order valence-corrected chi connectivity index (χ1v) is 9.30. The van der Waals surface area contributed by atoms with Gasteiger partial charge in [-0.3, -0.25) is 4.79 Å². The van der Waals surface area contributed by atoms with Crippen molar-refractivity contribution >= 4 is 11.7 Å². The zero-order chi connectivity index (χ0) is 21.6. The summed E-state index contributed by atoms with van der Waals surface area (Å²) >= 11 is 0. The molecule has 1 heterocycles. The Morgan fingerprint density at radius 3 is 2.41 bits per heavy atom. The van der Waals surface area contributed by atoms with Crippen LogP contribution in [0.3, 0.4) is 0 Å². The quantitative estimate of drug-likeness (QED) is 0.609. The lowest BCUT2D eigenvalue weighted by Crippen LogP contribution is -2.18. The van der Waals surface area contributed by atoms with Crippen LogP contribution in [0.15, 0.2) is 36.5 Å². The number of rotatable bonds is 8. The first-order valence-electron chi connectivity index (χ1n) is 9.30.